The quantitative estimate of drug-likeness (QED) is 0.843. The van der Waals surface area contributed by atoms with Crippen molar-refractivity contribution in [2.24, 2.45) is 7.05 Å². The number of rotatable bonds is 3. The zero-order valence-corrected chi connectivity index (χ0v) is 10.5. The van der Waals surface area contributed by atoms with E-state index >= 15 is 0 Å². The Morgan fingerprint density at radius 1 is 1.56 bits per heavy atom. The van der Waals surface area contributed by atoms with Crippen molar-refractivity contribution >= 4 is 23.3 Å². The van der Waals surface area contributed by atoms with Crippen molar-refractivity contribution < 1.29 is 9.53 Å². The minimum absolute atomic E-state index is 0.0615. The van der Waals surface area contributed by atoms with E-state index in [1.165, 1.54) is 30.1 Å². The molecule has 0 saturated carbocycles. The molecule has 0 spiro atoms. The summed E-state index contributed by atoms with van der Waals surface area (Å²) in [5, 5.41) is 6.62. The van der Waals surface area contributed by atoms with Crippen molar-refractivity contribution in [3.8, 4) is 5.88 Å². The van der Waals surface area contributed by atoms with Gasteiger partial charge in [-0.1, -0.05) is 0 Å². The van der Waals surface area contributed by atoms with E-state index in [1.807, 2.05) is 0 Å². The van der Waals surface area contributed by atoms with Crippen LogP contribution in [0.15, 0.2) is 18.3 Å². The third-order valence-corrected chi connectivity index (χ3v) is 2.33. The van der Waals surface area contributed by atoms with E-state index in [1.54, 1.807) is 7.05 Å². The summed E-state index contributed by atoms with van der Waals surface area (Å²) in [5.41, 5.74) is 0.226. The zero-order valence-electron chi connectivity index (χ0n) is 9.72. The van der Waals surface area contributed by atoms with Gasteiger partial charge in [0.2, 0.25) is 11.2 Å². The number of nitrogens with one attached hydrogen (secondary N) is 1. The number of aromatic nitrogens is 4. The summed E-state index contributed by atoms with van der Waals surface area (Å²) < 4.78 is 6.48. The molecule has 2 rings (SSSR count). The molecule has 0 radical (unpaired) electrons. The average molecular weight is 268 g/mol. The lowest BCUT2D eigenvalue weighted by Gasteiger charge is -2.01. The van der Waals surface area contributed by atoms with Crippen LogP contribution in [0.25, 0.3) is 0 Å². The largest absolute Gasteiger partial charge is 0.481 e. The molecule has 1 N–H and O–H groups in total. The summed E-state index contributed by atoms with van der Waals surface area (Å²) in [6.07, 6.45) is 1.45. The van der Waals surface area contributed by atoms with E-state index in [4.69, 9.17) is 16.3 Å². The molecule has 7 nitrogen and oxygen atoms in total. The Balaban J connectivity index is 2.16. The van der Waals surface area contributed by atoms with E-state index in [2.05, 4.69) is 20.4 Å². The first-order valence-corrected chi connectivity index (χ1v) is 5.36. The second kappa shape index (κ2) is 5.01. The maximum Gasteiger partial charge on any atom is 0.277 e. The number of carbonyl (C=O) groups excluding carboxylic acids is 1. The first kappa shape index (κ1) is 12.3. The van der Waals surface area contributed by atoms with Crippen molar-refractivity contribution in [2.45, 2.75) is 0 Å². The summed E-state index contributed by atoms with van der Waals surface area (Å²) >= 11 is 5.61. The van der Waals surface area contributed by atoms with Crippen LogP contribution in [0.1, 0.15) is 10.5 Å². The van der Waals surface area contributed by atoms with Crippen LogP contribution in [-0.2, 0) is 7.05 Å². The van der Waals surface area contributed by atoms with Crippen molar-refractivity contribution in [3.05, 3.63) is 29.3 Å². The van der Waals surface area contributed by atoms with E-state index in [-0.39, 0.29) is 11.0 Å². The number of hydrogen-bond acceptors (Lipinski definition) is 5. The fourth-order valence-corrected chi connectivity index (χ4v) is 1.48. The van der Waals surface area contributed by atoms with Gasteiger partial charge in [0, 0.05) is 19.3 Å². The highest BCUT2D eigenvalue weighted by Crippen LogP contribution is 2.13. The number of aryl methyl sites for hydroxylation is 1. The minimum atomic E-state index is -0.399. The van der Waals surface area contributed by atoms with E-state index < -0.39 is 5.91 Å². The number of halogens is 1. The van der Waals surface area contributed by atoms with Gasteiger partial charge in [0.25, 0.3) is 5.91 Å². The number of methoxy groups -OCH3 is 1. The summed E-state index contributed by atoms with van der Waals surface area (Å²) in [4.78, 5) is 19.4. The second-order valence-electron chi connectivity index (χ2n) is 3.36. The van der Waals surface area contributed by atoms with Crippen LogP contribution < -0.4 is 10.1 Å². The van der Waals surface area contributed by atoms with E-state index in [0.29, 0.717) is 11.7 Å². The molecule has 0 aromatic carbocycles. The highest BCUT2D eigenvalue weighted by molar-refractivity contribution is 6.28. The van der Waals surface area contributed by atoms with Crippen molar-refractivity contribution in [3.63, 3.8) is 0 Å². The standard InChI is InChI=1S/C10H10ClN5O2/c1-16-8(18-2)5-6(15-16)9(17)13-7-3-4-12-10(11)14-7/h3-5H,1-2H3,(H,12,13,14,17). The Morgan fingerprint density at radius 3 is 2.94 bits per heavy atom. The lowest BCUT2D eigenvalue weighted by atomic mass is 10.4. The lowest BCUT2D eigenvalue weighted by molar-refractivity contribution is 0.102. The molecular weight excluding hydrogens is 258 g/mol. The Bertz CT molecular complexity index is 583. The summed E-state index contributed by atoms with van der Waals surface area (Å²) in [6.45, 7) is 0. The third-order valence-electron chi connectivity index (χ3n) is 2.15. The topological polar surface area (TPSA) is 81.9 Å². The number of nitrogens with zero attached hydrogens (tertiary/aromatic N) is 4. The predicted molar refractivity (Wildman–Crippen MR) is 64.8 cm³/mol. The normalized spacial score (nSPS) is 10.2. The van der Waals surface area contributed by atoms with Gasteiger partial charge in [0.1, 0.15) is 5.82 Å². The number of hydrogen-bond donors (Lipinski definition) is 1. The Morgan fingerprint density at radius 2 is 2.33 bits per heavy atom. The highest BCUT2D eigenvalue weighted by Gasteiger charge is 2.13. The Kier molecular flexibility index (Phi) is 3.42. The molecule has 0 aliphatic rings. The summed E-state index contributed by atoms with van der Waals surface area (Å²) in [6, 6.07) is 3.06. The van der Waals surface area contributed by atoms with Crippen LogP contribution in [0.2, 0.25) is 5.28 Å². The summed E-state index contributed by atoms with van der Waals surface area (Å²) in [7, 11) is 3.18. The monoisotopic (exact) mass is 267 g/mol. The van der Waals surface area contributed by atoms with E-state index in [9.17, 15) is 4.79 Å². The predicted octanol–water partition coefficient (Wildman–Crippen LogP) is 1.12. The Labute approximate surface area is 108 Å². The van der Waals surface area contributed by atoms with Gasteiger partial charge in [-0.15, -0.1) is 0 Å². The Hall–Kier alpha value is -2.15. The van der Waals surface area contributed by atoms with Crippen LogP contribution in [0.3, 0.4) is 0 Å². The lowest BCUT2D eigenvalue weighted by Crippen LogP contribution is -2.14. The molecule has 0 bridgehead atoms. The van der Waals surface area contributed by atoms with Crippen molar-refractivity contribution in [1.82, 2.24) is 19.7 Å². The van der Waals surface area contributed by atoms with Gasteiger partial charge in [-0.2, -0.15) is 5.10 Å². The zero-order chi connectivity index (χ0) is 13.1. The summed E-state index contributed by atoms with van der Waals surface area (Å²) in [5.74, 6) is 0.397. The molecule has 0 saturated heterocycles. The SMILES string of the molecule is COc1cc(C(=O)Nc2ccnc(Cl)n2)nn1C. The van der Waals surface area contributed by atoms with Crippen molar-refractivity contribution in [2.75, 3.05) is 12.4 Å². The van der Waals surface area contributed by atoms with Crippen LogP contribution >= 0.6 is 11.6 Å². The van der Waals surface area contributed by atoms with Crippen molar-refractivity contribution in [1.29, 1.82) is 0 Å². The average Bonchev–Trinajstić information content (AvgIpc) is 2.70. The molecule has 0 unspecified atom stereocenters. The second-order valence-corrected chi connectivity index (χ2v) is 3.70. The van der Waals surface area contributed by atoms with Gasteiger partial charge in [-0.05, 0) is 17.7 Å². The molecule has 2 aromatic heterocycles. The number of carbonyl (C=O) groups is 1. The fraction of sp³-hybridized carbons (Fsp3) is 0.200. The molecule has 0 aliphatic carbocycles. The minimum Gasteiger partial charge on any atom is -0.481 e. The van der Waals surface area contributed by atoms with E-state index in [0.717, 1.165) is 0 Å². The first-order valence-electron chi connectivity index (χ1n) is 4.98. The first-order chi connectivity index (χ1) is 8.60. The molecule has 1 amide bonds. The van der Waals surface area contributed by atoms with Crippen LogP contribution in [0, 0.1) is 0 Å². The van der Waals surface area contributed by atoms with Gasteiger partial charge < -0.3 is 10.1 Å². The number of ether oxygens (including phenoxy) is 1. The van der Waals surface area contributed by atoms with Gasteiger partial charge in [-0.25, -0.2) is 14.6 Å². The molecular formula is C10H10ClN5O2. The fourth-order valence-electron chi connectivity index (χ4n) is 1.34. The molecule has 0 aliphatic heterocycles. The maximum atomic E-state index is 11.9. The molecule has 94 valence electrons. The third kappa shape index (κ3) is 2.57. The highest BCUT2D eigenvalue weighted by atomic mass is 35.5. The maximum absolute atomic E-state index is 11.9. The molecule has 0 fully saturated rings. The molecule has 0 atom stereocenters. The molecule has 18 heavy (non-hydrogen) atoms. The van der Waals surface area contributed by atoms with Gasteiger partial charge in [0.15, 0.2) is 5.69 Å². The smallest absolute Gasteiger partial charge is 0.277 e. The van der Waals surface area contributed by atoms with Gasteiger partial charge in [0.05, 0.1) is 7.11 Å². The van der Waals surface area contributed by atoms with Crippen LogP contribution in [0.4, 0.5) is 5.82 Å². The molecule has 8 heteroatoms. The number of anilines is 1. The van der Waals surface area contributed by atoms with Gasteiger partial charge in [-0.3, -0.25) is 4.79 Å². The number of amides is 1. The van der Waals surface area contributed by atoms with Crippen LogP contribution in [-0.4, -0.2) is 32.8 Å². The van der Waals surface area contributed by atoms with Gasteiger partial charge >= 0.3 is 0 Å². The molecule has 2 aromatic rings. The van der Waals surface area contributed by atoms with Crippen LogP contribution in [0.5, 0.6) is 5.88 Å². The molecule has 2 heterocycles.